The number of aromatic nitrogens is 5. The monoisotopic (exact) mass is 688 g/mol. The van der Waals surface area contributed by atoms with Crippen LogP contribution in [0.3, 0.4) is 0 Å². The highest BCUT2D eigenvalue weighted by Gasteiger charge is 2.39. The van der Waals surface area contributed by atoms with Crippen LogP contribution < -0.4 is 15.8 Å². The molecule has 0 aliphatic carbocycles. The topological polar surface area (TPSA) is 110 Å². The number of ether oxygens (including phenoxy) is 1. The first-order valence-corrected chi connectivity index (χ1v) is 18.7. The molecule has 1 aliphatic rings. The Morgan fingerprint density at radius 3 is 2.23 bits per heavy atom. The molecule has 3 aromatic rings. The van der Waals surface area contributed by atoms with Crippen LogP contribution in [0.4, 0.5) is 38.0 Å². The van der Waals surface area contributed by atoms with E-state index in [1.54, 1.807) is 40.5 Å². The van der Waals surface area contributed by atoms with Crippen LogP contribution >= 0.6 is 0 Å². The van der Waals surface area contributed by atoms with Crippen LogP contribution in [-0.4, -0.2) is 82.0 Å². The van der Waals surface area contributed by atoms with E-state index in [-0.39, 0.29) is 38.2 Å². The SMILES string of the molecule is Cc1c(C(=O)N2CCN(c3ncc(C(F)(F)F)cn3)CC2)ccn1C[C@H](C)Nc1cnn(COCC[Si](C)(C)C)c(=O)c1C(F)(F)F. The highest BCUT2D eigenvalue weighted by atomic mass is 28.3. The van der Waals surface area contributed by atoms with Gasteiger partial charge in [0.05, 0.1) is 23.0 Å². The van der Waals surface area contributed by atoms with E-state index in [0.29, 0.717) is 35.6 Å². The number of anilines is 2. The number of rotatable bonds is 11. The van der Waals surface area contributed by atoms with Crippen molar-refractivity contribution >= 4 is 25.6 Å². The molecule has 1 aliphatic heterocycles. The van der Waals surface area contributed by atoms with Gasteiger partial charge in [0.2, 0.25) is 5.95 Å². The summed E-state index contributed by atoms with van der Waals surface area (Å²) in [5.41, 5.74) is -3.07. The Morgan fingerprint density at radius 1 is 1.02 bits per heavy atom. The molecule has 1 saturated heterocycles. The first-order chi connectivity index (χ1) is 21.8. The molecule has 47 heavy (non-hydrogen) atoms. The van der Waals surface area contributed by atoms with Crippen molar-refractivity contribution in [3.05, 3.63) is 63.6 Å². The van der Waals surface area contributed by atoms with E-state index in [0.717, 1.165) is 24.6 Å². The summed E-state index contributed by atoms with van der Waals surface area (Å²) < 4.78 is 88.3. The Bertz CT molecular complexity index is 1590. The standard InChI is InChI=1S/C29H38F6N8O3Si/c1-19(39-23-16-38-43(18-46-12-13-47(3,4)5)26(45)24(23)29(33,34)35)17-42-7-6-22(20(42)2)25(44)40-8-10-41(11-9-40)27-36-14-21(15-37-27)28(30,31)32/h6-7,14-16,19,39H,8-13,17-18H2,1-5H3/t19-/m0/s1. The molecule has 18 heteroatoms. The molecule has 1 fully saturated rings. The minimum absolute atomic E-state index is 0.140. The Kier molecular flexibility index (Phi) is 10.7. The number of alkyl halides is 6. The molecule has 3 aromatic heterocycles. The Balaban J connectivity index is 1.37. The normalized spacial score (nSPS) is 15.2. The van der Waals surface area contributed by atoms with Crippen molar-refractivity contribution < 1.29 is 35.9 Å². The van der Waals surface area contributed by atoms with Crippen molar-refractivity contribution in [3.63, 3.8) is 0 Å². The molecule has 0 bridgehead atoms. The third-order valence-corrected chi connectivity index (χ3v) is 9.40. The van der Waals surface area contributed by atoms with Gasteiger partial charge in [-0.25, -0.2) is 14.6 Å². The van der Waals surface area contributed by atoms with Crippen molar-refractivity contribution in [2.75, 3.05) is 43.0 Å². The highest BCUT2D eigenvalue weighted by Crippen LogP contribution is 2.32. The lowest BCUT2D eigenvalue weighted by molar-refractivity contribution is -0.139. The fraction of sp³-hybridized carbons (Fsp3) is 0.552. The van der Waals surface area contributed by atoms with Gasteiger partial charge in [-0.05, 0) is 26.0 Å². The van der Waals surface area contributed by atoms with Crippen LogP contribution in [0.5, 0.6) is 0 Å². The highest BCUT2D eigenvalue weighted by molar-refractivity contribution is 6.76. The summed E-state index contributed by atoms with van der Waals surface area (Å²) in [6, 6.07) is 1.82. The van der Waals surface area contributed by atoms with E-state index in [9.17, 15) is 35.9 Å². The van der Waals surface area contributed by atoms with E-state index in [1.807, 2.05) is 0 Å². The predicted octanol–water partition coefficient (Wildman–Crippen LogP) is 4.96. The van der Waals surface area contributed by atoms with E-state index in [1.165, 1.54) is 0 Å². The zero-order valence-electron chi connectivity index (χ0n) is 26.7. The number of piperazine rings is 1. The van der Waals surface area contributed by atoms with Crippen molar-refractivity contribution in [2.24, 2.45) is 0 Å². The molecule has 258 valence electrons. The van der Waals surface area contributed by atoms with E-state index in [4.69, 9.17) is 4.74 Å². The maximum Gasteiger partial charge on any atom is 0.423 e. The first kappa shape index (κ1) is 35.9. The van der Waals surface area contributed by atoms with Crippen LogP contribution in [0.15, 0.2) is 35.6 Å². The second kappa shape index (κ2) is 14.0. The number of hydrogen-bond donors (Lipinski definition) is 1. The smallest absolute Gasteiger partial charge is 0.379 e. The number of nitrogens with zero attached hydrogens (tertiary/aromatic N) is 7. The Labute approximate surface area is 268 Å². The summed E-state index contributed by atoms with van der Waals surface area (Å²) in [5.74, 6) is -0.116. The average molecular weight is 689 g/mol. The van der Waals surface area contributed by atoms with Crippen LogP contribution in [0.2, 0.25) is 25.7 Å². The quantitative estimate of drug-likeness (QED) is 0.171. The summed E-state index contributed by atoms with van der Waals surface area (Å²) >= 11 is 0. The third kappa shape index (κ3) is 9.12. The maximum atomic E-state index is 14.0. The zero-order valence-corrected chi connectivity index (χ0v) is 27.7. The minimum atomic E-state index is -4.94. The van der Waals surface area contributed by atoms with Gasteiger partial charge in [-0.2, -0.15) is 31.4 Å². The lowest BCUT2D eigenvalue weighted by Crippen LogP contribution is -2.49. The summed E-state index contributed by atoms with van der Waals surface area (Å²) in [6.45, 7) is 11.1. The van der Waals surface area contributed by atoms with Crippen LogP contribution in [-0.2, 0) is 30.4 Å². The fourth-order valence-electron chi connectivity index (χ4n) is 4.99. The van der Waals surface area contributed by atoms with Crippen LogP contribution in [0, 0.1) is 6.92 Å². The molecule has 1 amide bonds. The molecule has 4 heterocycles. The molecular formula is C29H38F6N8O3Si. The van der Waals surface area contributed by atoms with Crippen LogP contribution in [0.1, 0.15) is 34.1 Å². The Morgan fingerprint density at radius 2 is 1.66 bits per heavy atom. The van der Waals surface area contributed by atoms with Gasteiger partial charge in [-0.15, -0.1) is 0 Å². The largest absolute Gasteiger partial charge is 0.423 e. The van der Waals surface area contributed by atoms with Gasteiger partial charge in [0, 0.05) is 77.7 Å². The molecule has 1 N–H and O–H groups in total. The van der Waals surface area contributed by atoms with E-state index >= 15 is 0 Å². The van der Waals surface area contributed by atoms with Gasteiger partial charge in [0.1, 0.15) is 12.3 Å². The van der Waals surface area contributed by atoms with Gasteiger partial charge in [-0.3, -0.25) is 9.59 Å². The number of halogens is 6. The maximum absolute atomic E-state index is 14.0. The summed E-state index contributed by atoms with van der Waals surface area (Å²) in [7, 11) is -1.43. The zero-order chi connectivity index (χ0) is 34.7. The van der Waals surface area contributed by atoms with Gasteiger partial charge < -0.3 is 24.4 Å². The number of nitrogens with one attached hydrogen (secondary N) is 1. The number of hydrogen-bond acceptors (Lipinski definition) is 8. The lowest BCUT2D eigenvalue weighted by atomic mass is 10.2. The summed E-state index contributed by atoms with van der Waals surface area (Å²) in [5, 5.41) is 6.65. The summed E-state index contributed by atoms with van der Waals surface area (Å²) in [6.07, 6.45) is -5.40. The van der Waals surface area contributed by atoms with Crippen molar-refractivity contribution in [2.45, 2.75) is 71.2 Å². The molecule has 0 spiro atoms. The number of carbonyl (C=O) groups excluding carboxylic acids is 1. The molecule has 1 atom stereocenters. The number of carbonyl (C=O) groups is 1. The molecule has 0 unspecified atom stereocenters. The molecule has 0 saturated carbocycles. The molecule has 11 nitrogen and oxygen atoms in total. The molecule has 4 rings (SSSR count). The molecule has 0 aromatic carbocycles. The Hall–Kier alpha value is -3.93. The minimum Gasteiger partial charge on any atom is -0.379 e. The predicted molar refractivity (Wildman–Crippen MR) is 165 cm³/mol. The fourth-order valence-corrected chi connectivity index (χ4v) is 5.74. The van der Waals surface area contributed by atoms with Gasteiger partial charge in [-0.1, -0.05) is 19.6 Å². The van der Waals surface area contributed by atoms with Gasteiger partial charge >= 0.3 is 12.4 Å². The molecular weight excluding hydrogens is 650 g/mol. The van der Waals surface area contributed by atoms with E-state index < -0.39 is 48.8 Å². The van der Waals surface area contributed by atoms with Crippen molar-refractivity contribution in [3.8, 4) is 0 Å². The van der Waals surface area contributed by atoms with E-state index in [2.05, 4.69) is 40.0 Å². The van der Waals surface area contributed by atoms with Gasteiger partial charge in [0.15, 0.2) is 0 Å². The first-order valence-electron chi connectivity index (χ1n) is 15.0. The number of amides is 1. The second-order valence-corrected chi connectivity index (χ2v) is 18.3. The third-order valence-electron chi connectivity index (χ3n) is 7.70. The lowest BCUT2D eigenvalue weighted by Gasteiger charge is -2.34. The average Bonchev–Trinajstić information content (AvgIpc) is 3.33. The second-order valence-electron chi connectivity index (χ2n) is 12.6. The van der Waals surface area contributed by atoms with Crippen molar-refractivity contribution in [1.29, 1.82) is 0 Å². The summed E-state index contributed by atoms with van der Waals surface area (Å²) in [4.78, 5) is 37.0. The van der Waals surface area contributed by atoms with Crippen LogP contribution in [0.25, 0.3) is 0 Å². The van der Waals surface area contributed by atoms with Crippen molar-refractivity contribution in [1.82, 2.24) is 29.2 Å². The van der Waals surface area contributed by atoms with Gasteiger partial charge in [0.25, 0.3) is 11.5 Å². The molecule has 0 radical (unpaired) electrons.